The molecule has 0 aliphatic rings. The third-order valence-electron chi connectivity index (χ3n) is 3.99. The predicted molar refractivity (Wildman–Crippen MR) is 102 cm³/mol. The van der Waals surface area contributed by atoms with Crippen molar-refractivity contribution in [3.63, 3.8) is 0 Å². The first-order valence-electron chi connectivity index (χ1n) is 8.47. The molecule has 128 valence electrons. The number of ether oxygens (including phenoxy) is 2. The van der Waals surface area contributed by atoms with Crippen LogP contribution in [0.3, 0.4) is 0 Å². The lowest BCUT2D eigenvalue weighted by molar-refractivity contribution is 0.322. The fourth-order valence-electron chi connectivity index (χ4n) is 2.57. The van der Waals surface area contributed by atoms with Crippen molar-refractivity contribution in [2.75, 3.05) is 19.0 Å². The maximum Gasteiger partial charge on any atom is 0.120 e. The van der Waals surface area contributed by atoms with Crippen LogP contribution in [0.15, 0.2) is 78.9 Å². The molecule has 0 aliphatic heterocycles. The molecule has 0 saturated heterocycles. The van der Waals surface area contributed by atoms with Gasteiger partial charge < -0.3 is 14.8 Å². The molecule has 3 aromatic rings. The summed E-state index contributed by atoms with van der Waals surface area (Å²) >= 11 is 0. The van der Waals surface area contributed by atoms with Gasteiger partial charge in [0.2, 0.25) is 0 Å². The smallest absolute Gasteiger partial charge is 0.120 e. The van der Waals surface area contributed by atoms with E-state index in [4.69, 9.17) is 9.47 Å². The van der Waals surface area contributed by atoms with Crippen LogP contribution in [0.5, 0.6) is 11.5 Å². The highest BCUT2D eigenvalue weighted by atomic mass is 16.5. The molecule has 0 amide bonds. The zero-order chi connectivity index (χ0) is 17.3. The molecule has 0 saturated carbocycles. The first-order chi connectivity index (χ1) is 12.3. The summed E-state index contributed by atoms with van der Waals surface area (Å²) in [7, 11) is 1.68. The van der Waals surface area contributed by atoms with Gasteiger partial charge in [0, 0.05) is 24.7 Å². The van der Waals surface area contributed by atoms with Crippen LogP contribution in [0.2, 0.25) is 0 Å². The van der Waals surface area contributed by atoms with E-state index in [-0.39, 0.29) is 0 Å². The van der Waals surface area contributed by atoms with Gasteiger partial charge in [-0.05, 0) is 35.4 Å². The molecule has 0 heterocycles. The van der Waals surface area contributed by atoms with Gasteiger partial charge in [-0.3, -0.25) is 0 Å². The molecule has 0 spiro atoms. The molecule has 25 heavy (non-hydrogen) atoms. The minimum absolute atomic E-state index is 0.686. The van der Waals surface area contributed by atoms with Crippen LogP contribution < -0.4 is 14.8 Å². The molecular weight excluding hydrogens is 310 g/mol. The van der Waals surface area contributed by atoms with Gasteiger partial charge in [0.05, 0.1) is 13.7 Å². The van der Waals surface area contributed by atoms with Crippen LogP contribution in [0.1, 0.15) is 11.1 Å². The third kappa shape index (κ3) is 5.28. The van der Waals surface area contributed by atoms with Crippen LogP contribution in [0.4, 0.5) is 5.69 Å². The van der Waals surface area contributed by atoms with Crippen molar-refractivity contribution < 1.29 is 9.47 Å². The largest absolute Gasteiger partial charge is 0.497 e. The lowest BCUT2D eigenvalue weighted by atomic mass is 10.2. The Bertz CT molecular complexity index is 770. The number of rotatable bonds is 8. The summed E-state index contributed by atoms with van der Waals surface area (Å²) in [6, 6.07) is 26.5. The lowest BCUT2D eigenvalue weighted by Gasteiger charge is -2.10. The summed E-state index contributed by atoms with van der Waals surface area (Å²) in [6.07, 6.45) is 0.917. The average molecular weight is 333 g/mol. The van der Waals surface area contributed by atoms with Gasteiger partial charge in [-0.25, -0.2) is 0 Å². The fourth-order valence-corrected chi connectivity index (χ4v) is 2.57. The number of benzene rings is 3. The Morgan fingerprint density at radius 3 is 2.32 bits per heavy atom. The van der Waals surface area contributed by atoms with Gasteiger partial charge >= 0.3 is 0 Å². The van der Waals surface area contributed by atoms with Gasteiger partial charge in [0.1, 0.15) is 11.5 Å². The van der Waals surface area contributed by atoms with Crippen LogP contribution in [-0.2, 0) is 13.0 Å². The highest BCUT2D eigenvalue weighted by Crippen LogP contribution is 2.18. The fraction of sp³-hybridized carbons (Fsp3) is 0.182. The molecule has 0 atom stereocenters. The molecule has 0 aromatic heterocycles. The Labute approximate surface area is 149 Å². The summed E-state index contributed by atoms with van der Waals surface area (Å²) in [6.45, 7) is 1.45. The third-order valence-corrected chi connectivity index (χ3v) is 3.99. The molecule has 1 N–H and O–H groups in total. The van der Waals surface area contributed by atoms with E-state index in [9.17, 15) is 0 Å². The molecule has 3 heteroatoms. The van der Waals surface area contributed by atoms with E-state index < -0.39 is 0 Å². The minimum Gasteiger partial charge on any atom is -0.497 e. The van der Waals surface area contributed by atoms with Gasteiger partial charge in [0.25, 0.3) is 0 Å². The van der Waals surface area contributed by atoms with E-state index >= 15 is 0 Å². The van der Waals surface area contributed by atoms with Crippen molar-refractivity contribution in [1.29, 1.82) is 0 Å². The SMILES string of the molecule is COc1cccc(NCc2ccc(OCCc3ccccc3)cc2)c1. The molecule has 3 aromatic carbocycles. The van der Waals surface area contributed by atoms with Crippen LogP contribution in [0.25, 0.3) is 0 Å². The van der Waals surface area contributed by atoms with Crippen molar-refractivity contribution in [2.24, 2.45) is 0 Å². The monoisotopic (exact) mass is 333 g/mol. The van der Waals surface area contributed by atoms with E-state index in [1.807, 2.05) is 42.5 Å². The van der Waals surface area contributed by atoms with Crippen molar-refractivity contribution in [2.45, 2.75) is 13.0 Å². The summed E-state index contributed by atoms with van der Waals surface area (Å²) in [5, 5.41) is 3.40. The number of nitrogens with one attached hydrogen (secondary N) is 1. The topological polar surface area (TPSA) is 30.5 Å². The normalized spacial score (nSPS) is 10.3. The van der Waals surface area contributed by atoms with Crippen LogP contribution in [0, 0.1) is 0 Å². The molecular formula is C22H23NO2. The second kappa shape index (κ2) is 8.78. The van der Waals surface area contributed by atoms with Gasteiger partial charge in [-0.15, -0.1) is 0 Å². The first-order valence-corrected chi connectivity index (χ1v) is 8.47. The van der Waals surface area contributed by atoms with E-state index in [1.54, 1.807) is 7.11 Å². The van der Waals surface area contributed by atoms with Gasteiger partial charge in [-0.1, -0.05) is 48.5 Å². The number of hydrogen-bond donors (Lipinski definition) is 1. The molecule has 3 rings (SSSR count). The highest BCUT2D eigenvalue weighted by molar-refractivity contribution is 5.48. The van der Waals surface area contributed by atoms with E-state index in [0.717, 1.165) is 30.2 Å². The van der Waals surface area contributed by atoms with Gasteiger partial charge in [0.15, 0.2) is 0 Å². The Hall–Kier alpha value is -2.94. The van der Waals surface area contributed by atoms with Crippen molar-refractivity contribution in [1.82, 2.24) is 0 Å². The number of anilines is 1. The minimum atomic E-state index is 0.686. The second-order valence-electron chi connectivity index (χ2n) is 5.81. The van der Waals surface area contributed by atoms with E-state index in [0.29, 0.717) is 6.61 Å². The average Bonchev–Trinajstić information content (AvgIpc) is 2.68. The molecule has 0 aliphatic carbocycles. The van der Waals surface area contributed by atoms with Crippen LogP contribution in [-0.4, -0.2) is 13.7 Å². The van der Waals surface area contributed by atoms with Crippen LogP contribution >= 0.6 is 0 Å². The Morgan fingerprint density at radius 2 is 1.56 bits per heavy atom. The molecule has 3 nitrogen and oxygen atoms in total. The highest BCUT2D eigenvalue weighted by Gasteiger charge is 1.99. The molecule has 0 fully saturated rings. The van der Waals surface area contributed by atoms with E-state index in [2.05, 4.69) is 41.7 Å². The Balaban J connectivity index is 1.46. The summed E-state index contributed by atoms with van der Waals surface area (Å²) in [5.74, 6) is 1.76. The standard InChI is InChI=1S/C22H23NO2/c1-24-22-9-5-8-20(16-22)23-17-19-10-12-21(13-11-19)25-15-14-18-6-3-2-4-7-18/h2-13,16,23H,14-15,17H2,1H3. The lowest BCUT2D eigenvalue weighted by Crippen LogP contribution is -2.02. The second-order valence-corrected chi connectivity index (χ2v) is 5.81. The number of methoxy groups -OCH3 is 1. The molecule has 0 bridgehead atoms. The molecule has 0 radical (unpaired) electrons. The predicted octanol–water partition coefficient (Wildman–Crippen LogP) is 4.93. The van der Waals surface area contributed by atoms with E-state index in [1.165, 1.54) is 11.1 Å². The number of hydrogen-bond acceptors (Lipinski definition) is 3. The summed E-state index contributed by atoms with van der Waals surface area (Å²) in [5.41, 5.74) is 3.54. The zero-order valence-corrected chi connectivity index (χ0v) is 14.4. The Kier molecular flexibility index (Phi) is 5.94. The quantitative estimate of drug-likeness (QED) is 0.634. The summed E-state index contributed by atoms with van der Waals surface area (Å²) in [4.78, 5) is 0. The van der Waals surface area contributed by atoms with Crippen molar-refractivity contribution in [3.05, 3.63) is 90.0 Å². The van der Waals surface area contributed by atoms with Gasteiger partial charge in [-0.2, -0.15) is 0 Å². The maximum absolute atomic E-state index is 5.82. The molecule has 0 unspecified atom stereocenters. The maximum atomic E-state index is 5.82. The zero-order valence-electron chi connectivity index (χ0n) is 14.4. The summed E-state index contributed by atoms with van der Waals surface area (Å²) < 4.78 is 11.1. The first kappa shape index (κ1) is 16.9. The Morgan fingerprint density at radius 1 is 0.760 bits per heavy atom. The van der Waals surface area contributed by atoms with Crippen molar-refractivity contribution >= 4 is 5.69 Å². The van der Waals surface area contributed by atoms with Crippen molar-refractivity contribution in [3.8, 4) is 11.5 Å².